The van der Waals surface area contributed by atoms with Crippen LogP contribution in [-0.2, 0) is 11.2 Å². The lowest BCUT2D eigenvalue weighted by Crippen LogP contribution is -2.51. The summed E-state index contributed by atoms with van der Waals surface area (Å²) in [6.07, 6.45) is 2.71. The number of amides is 1. The first kappa shape index (κ1) is 16.4. The Labute approximate surface area is 153 Å². The Morgan fingerprint density at radius 3 is 2.69 bits per heavy atom. The number of hydrogen-bond donors (Lipinski definition) is 0. The Balaban J connectivity index is 1.37. The van der Waals surface area contributed by atoms with Crippen LogP contribution in [0.15, 0.2) is 42.6 Å². The van der Waals surface area contributed by atoms with Gasteiger partial charge in [0.1, 0.15) is 11.9 Å². The van der Waals surface area contributed by atoms with E-state index in [1.807, 2.05) is 11.0 Å². The van der Waals surface area contributed by atoms with Gasteiger partial charge in [-0.2, -0.15) is 5.26 Å². The molecule has 0 radical (unpaired) electrons. The maximum Gasteiger partial charge on any atom is 0.242 e. The third-order valence-corrected chi connectivity index (χ3v) is 5.15. The van der Waals surface area contributed by atoms with Gasteiger partial charge in [-0.3, -0.25) is 4.79 Å². The van der Waals surface area contributed by atoms with E-state index in [4.69, 9.17) is 0 Å². The van der Waals surface area contributed by atoms with Crippen LogP contribution in [0, 0.1) is 11.3 Å². The standard InChI is InChI=1S/C20H21N5O/c21-14-17-5-3-8-22-20(17)24-12-10-23(11-13-24)19(26)15-25-9-7-16-4-1-2-6-18(16)25/h1-6,8H,7,9-13,15H2. The van der Waals surface area contributed by atoms with E-state index in [9.17, 15) is 10.1 Å². The van der Waals surface area contributed by atoms with Crippen molar-refractivity contribution in [2.75, 3.05) is 49.1 Å². The number of fused-ring (bicyclic) bond motifs is 1. The predicted molar refractivity (Wildman–Crippen MR) is 100 cm³/mol. The molecule has 0 bridgehead atoms. The topological polar surface area (TPSA) is 63.5 Å². The molecule has 1 aromatic heterocycles. The lowest BCUT2D eigenvalue weighted by Gasteiger charge is -2.36. The fraction of sp³-hybridized carbons (Fsp3) is 0.350. The second kappa shape index (κ2) is 7.04. The first-order valence-electron chi connectivity index (χ1n) is 8.97. The molecule has 6 heteroatoms. The SMILES string of the molecule is N#Cc1cccnc1N1CCN(C(=O)CN2CCc3ccccc32)CC1. The van der Waals surface area contributed by atoms with Crippen molar-refractivity contribution in [3.63, 3.8) is 0 Å². The van der Waals surface area contributed by atoms with Gasteiger partial charge in [0, 0.05) is 44.6 Å². The third-order valence-electron chi connectivity index (χ3n) is 5.15. The first-order valence-corrected chi connectivity index (χ1v) is 8.97. The summed E-state index contributed by atoms with van der Waals surface area (Å²) in [6.45, 7) is 4.07. The van der Waals surface area contributed by atoms with E-state index in [0.717, 1.165) is 18.8 Å². The molecule has 4 rings (SSSR count). The number of benzene rings is 1. The second-order valence-electron chi connectivity index (χ2n) is 6.65. The number of pyridine rings is 1. The highest BCUT2D eigenvalue weighted by Gasteiger charge is 2.26. The molecule has 1 aromatic carbocycles. The zero-order chi connectivity index (χ0) is 17.9. The number of aromatic nitrogens is 1. The minimum absolute atomic E-state index is 0.169. The maximum absolute atomic E-state index is 12.7. The highest BCUT2D eigenvalue weighted by Crippen LogP contribution is 2.27. The number of anilines is 2. The molecular formula is C20H21N5O. The largest absolute Gasteiger partial charge is 0.362 e. The average molecular weight is 347 g/mol. The van der Waals surface area contributed by atoms with Gasteiger partial charge in [0.15, 0.2) is 0 Å². The van der Waals surface area contributed by atoms with Crippen molar-refractivity contribution in [3.8, 4) is 6.07 Å². The Hall–Kier alpha value is -3.07. The van der Waals surface area contributed by atoms with Gasteiger partial charge in [0.05, 0.1) is 12.1 Å². The van der Waals surface area contributed by atoms with Gasteiger partial charge in [0.2, 0.25) is 5.91 Å². The summed E-state index contributed by atoms with van der Waals surface area (Å²) < 4.78 is 0. The molecule has 2 aromatic rings. The van der Waals surface area contributed by atoms with Gasteiger partial charge in [0.25, 0.3) is 0 Å². The molecule has 0 saturated carbocycles. The molecule has 0 aliphatic carbocycles. The van der Waals surface area contributed by atoms with E-state index in [1.165, 1.54) is 11.3 Å². The van der Waals surface area contributed by atoms with E-state index in [-0.39, 0.29) is 5.91 Å². The number of rotatable bonds is 3. The molecule has 1 saturated heterocycles. The summed E-state index contributed by atoms with van der Waals surface area (Å²) in [5, 5.41) is 9.24. The molecule has 0 N–H and O–H groups in total. The normalized spacial score (nSPS) is 16.3. The van der Waals surface area contributed by atoms with Crippen molar-refractivity contribution in [1.82, 2.24) is 9.88 Å². The smallest absolute Gasteiger partial charge is 0.242 e. The summed E-state index contributed by atoms with van der Waals surface area (Å²) in [6, 6.07) is 14.1. The Bertz CT molecular complexity index is 851. The molecule has 6 nitrogen and oxygen atoms in total. The lowest BCUT2D eigenvalue weighted by molar-refractivity contribution is -0.130. The van der Waals surface area contributed by atoms with Crippen LogP contribution < -0.4 is 9.80 Å². The number of piperazine rings is 1. The molecule has 0 spiro atoms. The van der Waals surface area contributed by atoms with E-state index in [0.29, 0.717) is 38.3 Å². The van der Waals surface area contributed by atoms with Crippen molar-refractivity contribution in [1.29, 1.82) is 5.26 Å². The van der Waals surface area contributed by atoms with Crippen molar-refractivity contribution < 1.29 is 4.79 Å². The number of hydrogen-bond acceptors (Lipinski definition) is 5. The monoisotopic (exact) mass is 347 g/mol. The number of nitriles is 1. The molecule has 26 heavy (non-hydrogen) atoms. The minimum Gasteiger partial charge on any atom is -0.362 e. The van der Waals surface area contributed by atoms with Gasteiger partial charge < -0.3 is 14.7 Å². The van der Waals surface area contributed by atoms with E-state index < -0.39 is 0 Å². The van der Waals surface area contributed by atoms with Crippen molar-refractivity contribution in [2.45, 2.75) is 6.42 Å². The summed E-state index contributed by atoms with van der Waals surface area (Å²) in [5.74, 6) is 0.887. The number of nitrogens with zero attached hydrogens (tertiary/aromatic N) is 5. The number of para-hydroxylation sites is 1. The van der Waals surface area contributed by atoms with E-state index in [1.54, 1.807) is 18.3 Å². The molecule has 2 aliphatic heterocycles. The molecular weight excluding hydrogens is 326 g/mol. The Kier molecular flexibility index (Phi) is 4.44. The minimum atomic E-state index is 0.169. The van der Waals surface area contributed by atoms with Crippen molar-refractivity contribution in [2.24, 2.45) is 0 Å². The molecule has 0 unspecified atom stereocenters. The second-order valence-corrected chi connectivity index (χ2v) is 6.65. The summed E-state index contributed by atoms with van der Waals surface area (Å²) in [5.41, 5.74) is 3.09. The zero-order valence-corrected chi connectivity index (χ0v) is 14.6. The molecule has 132 valence electrons. The van der Waals surface area contributed by atoms with Crippen LogP contribution in [0.4, 0.5) is 11.5 Å². The van der Waals surface area contributed by atoms with Gasteiger partial charge >= 0.3 is 0 Å². The quantitative estimate of drug-likeness (QED) is 0.845. The van der Waals surface area contributed by atoms with Gasteiger partial charge in [-0.05, 0) is 30.2 Å². The molecule has 2 aliphatic rings. The van der Waals surface area contributed by atoms with Crippen LogP contribution in [0.5, 0.6) is 0 Å². The average Bonchev–Trinajstić information content (AvgIpc) is 3.11. The van der Waals surface area contributed by atoms with Gasteiger partial charge in [-0.15, -0.1) is 0 Å². The third kappa shape index (κ3) is 3.08. The van der Waals surface area contributed by atoms with Crippen LogP contribution >= 0.6 is 0 Å². The van der Waals surface area contributed by atoms with E-state index >= 15 is 0 Å². The van der Waals surface area contributed by atoms with Gasteiger partial charge in [-0.25, -0.2) is 4.98 Å². The summed E-state index contributed by atoms with van der Waals surface area (Å²) in [7, 11) is 0. The molecule has 1 amide bonds. The molecule has 1 fully saturated rings. The molecule has 3 heterocycles. The maximum atomic E-state index is 12.7. The first-order chi connectivity index (χ1) is 12.8. The molecule has 0 atom stereocenters. The zero-order valence-electron chi connectivity index (χ0n) is 14.6. The fourth-order valence-corrected chi connectivity index (χ4v) is 3.74. The lowest BCUT2D eigenvalue weighted by atomic mass is 10.2. The highest BCUT2D eigenvalue weighted by molar-refractivity contribution is 5.82. The van der Waals surface area contributed by atoms with Crippen LogP contribution in [-0.4, -0.2) is 55.1 Å². The van der Waals surface area contributed by atoms with Crippen molar-refractivity contribution in [3.05, 3.63) is 53.7 Å². The highest BCUT2D eigenvalue weighted by atomic mass is 16.2. The van der Waals surface area contributed by atoms with Crippen molar-refractivity contribution >= 4 is 17.4 Å². The van der Waals surface area contributed by atoms with Crippen LogP contribution in [0.2, 0.25) is 0 Å². The number of carbonyl (C=O) groups excluding carboxylic acids is 1. The van der Waals surface area contributed by atoms with Gasteiger partial charge in [-0.1, -0.05) is 18.2 Å². The van der Waals surface area contributed by atoms with Crippen LogP contribution in [0.1, 0.15) is 11.1 Å². The Morgan fingerprint density at radius 1 is 1.08 bits per heavy atom. The predicted octanol–water partition coefficient (Wildman–Crippen LogP) is 1.66. The number of carbonyl (C=O) groups is 1. The summed E-state index contributed by atoms with van der Waals surface area (Å²) in [4.78, 5) is 23.3. The van der Waals surface area contributed by atoms with Crippen LogP contribution in [0.3, 0.4) is 0 Å². The van der Waals surface area contributed by atoms with Crippen LogP contribution in [0.25, 0.3) is 0 Å². The van der Waals surface area contributed by atoms with E-state index in [2.05, 4.69) is 39.1 Å². The summed E-state index contributed by atoms with van der Waals surface area (Å²) >= 11 is 0. The fourth-order valence-electron chi connectivity index (χ4n) is 3.74. The Morgan fingerprint density at radius 2 is 1.88 bits per heavy atom.